The van der Waals surface area contributed by atoms with E-state index in [4.69, 9.17) is 16.3 Å². The number of halogens is 1. The lowest BCUT2D eigenvalue weighted by atomic mass is 10.2. The molecule has 1 N–H and O–H groups in total. The molecule has 4 nitrogen and oxygen atoms in total. The Bertz CT molecular complexity index is 388. The van der Waals surface area contributed by atoms with Crippen molar-refractivity contribution >= 4 is 17.7 Å². The van der Waals surface area contributed by atoms with Crippen LogP contribution >= 0.6 is 11.6 Å². The number of hydrogen-bond donors (Lipinski definition) is 1. The lowest BCUT2D eigenvalue weighted by molar-refractivity contribution is 0.0528. The number of pyridine rings is 1. The second-order valence-corrected chi connectivity index (χ2v) is 4.99. The fourth-order valence-corrected chi connectivity index (χ4v) is 1.43. The SMILES string of the molecule is CC(C)(C)OC(=O)NCCc1cccnc1Cl. The van der Waals surface area contributed by atoms with Crippen LogP contribution in [-0.4, -0.2) is 23.2 Å². The van der Waals surface area contributed by atoms with E-state index >= 15 is 0 Å². The predicted octanol–water partition coefficient (Wildman–Crippen LogP) is 2.80. The standard InChI is InChI=1S/C12H17ClN2O2/c1-12(2,3)17-11(16)15-8-6-9-5-4-7-14-10(9)13/h4-5,7H,6,8H2,1-3H3,(H,15,16). The molecule has 0 aromatic carbocycles. The van der Waals surface area contributed by atoms with Crippen molar-refractivity contribution in [2.24, 2.45) is 0 Å². The number of nitrogens with zero attached hydrogens (tertiary/aromatic N) is 1. The number of ether oxygens (including phenoxy) is 1. The maximum absolute atomic E-state index is 11.4. The quantitative estimate of drug-likeness (QED) is 0.846. The Labute approximate surface area is 106 Å². The number of rotatable bonds is 3. The molecule has 0 unspecified atom stereocenters. The molecule has 0 spiro atoms. The van der Waals surface area contributed by atoms with E-state index in [1.807, 2.05) is 32.9 Å². The number of nitrogens with one attached hydrogen (secondary N) is 1. The Morgan fingerprint density at radius 2 is 2.24 bits per heavy atom. The van der Waals surface area contributed by atoms with Gasteiger partial charge in [-0.2, -0.15) is 0 Å². The van der Waals surface area contributed by atoms with Crippen LogP contribution in [0.1, 0.15) is 26.3 Å². The minimum Gasteiger partial charge on any atom is -0.444 e. The van der Waals surface area contributed by atoms with Crippen LogP contribution in [0.3, 0.4) is 0 Å². The highest BCUT2D eigenvalue weighted by Gasteiger charge is 2.15. The molecule has 1 aromatic heterocycles. The van der Waals surface area contributed by atoms with Crippen molar-refractivity contribution in [3.05, 3.63) is 29.0 Å². The topological polar surface area (TPSA) is 51.2 Å². The summed E-state index contributed by atoms with van der Waals surface area (Å²) in [4.78, 5) is 15.3. The molecule has 0 radical (unpaired) electrons. The van der Waals surface area contributed by atoms with Crippen molar-refractivity contribution < 1.29 is 9.53 Å². The first-order valence-corrected chi connectivity index (χ1v) is 5.82. The fraction of sp³-hybridized carbons (Fsp3) is 0.500. The molecule has 5 heteroatoms. The highest BCUT2D eigenvalue weighted by Crippen LogP contribution is 2.11. The first kappa shape index (κ1) is 13.8. The van der Waals surface area contributed by atoms with Crippen molar-refractivity contribution in [2.45, 2.75) is 32.8 Å². The Kier molecular flexibility index (Phi) is 4.75. The van der Waals surface area contributed by atoms with Crippen molar-refractivity contribution in [1.82, 2.24) is 10.3 Å². The van der Waals surface area contributed by atoms with Gasteiger partial charge in [-0.1, -0.05) is 17.7 Å². The van der Waals surface area contributed by atoms with Gasteiger partial charge >= 0.3 is 6.09 Å². The van der Waals surface area contributed by atoms with Gasteiger partial charge in [-0.3, -0.25) is 0 Å². The highest BCUT2D eigenvalue weighted by molar-refractivity contribution is 6.30. The summed E-state index contributed by atoms with van der Waals surface area (Å²) in [5.41, 5.74) is 0.431. The monoisotopic (exact) mass is 256 g/mol. The van der Waals surface area contributed by atoms with Gasteiger partial charge in [-0.05, 0) is 38.8 Å². The summed E-state index contributed by atoms with van der Waals surface area (Å²) >= 11 is 5.89. The van der Waals surface area contributed by atoms with E-state index in [2.05, 4.69) is 10.3 Å². The number of hydrogen-bond acceptors (Lipinski definition) is 3. The van der Waals surface area contributed by atoms with Crippen LogP contribution in [0.2, 0.25) is 5.15 Å². The van der Waals surface area contributed by atoms with E-state index < -0.39 is 11.7 Å². The molecular weight excluding hydrogens is 240 g/mol. The third-order valence-corrected chi connectivity index (χ3v) is 2.24. The zero-order chi connectivity index (χ0) is 12.9. The Balaban J connectivity index is 2.34. The molecule has 1 heterocycles. The number of amides is 1. The van der Waals surface area contributed by atoms with Crippen LogP contribution in [0.15, 0.2) is 18.3 Å². The van der Waals surface area contributed by atoms with Gasteiger partial charge < -0.3 is 10.1 Å². The molecule has 0 saturated heterocycles. The summed E-state index contributed by atoms with van der Waals surface area (Å²) in [6, 6.07) is 3.70. The molecule has 94 valence electrons. The summed E-state index contributed by atoms with van der Waals surface area (Å²) in [5.74, 6) is 0. The Morgan fingerprint density at radius 1 is 1.53 bits per heavy atom. The average molecular weight is 257 g/mol. The number of carbonyl (C=O) groups is 1. The number of aromatic nitrogens is 1. The normalized spacial score (nSPS) is 11.1. The van der Waals surface area contributed by atoms with Crippen LogP contribution in [0.5, 0.6) is 0 Å². The zero-order valence-electron chi connectivity index (χ0n) is 10.3. The lowest BCUT2D eigenvalue weighted by Gasteiger charge is -2.19. The van der Waals surface area contributed by atoms with Crippen molar-refractivity contribution in [2.75, 3.05) is 6.54 Å². The summed E-state index contributed by atoms with van der Waals surface area (Å²) in [7, 11) is 0. The zero-order valence-corrected chi connectivity index (χ0v) is 11.0. The molecular formula is C12H17ClN2O2. The molecule has 0 aliphatic heterocycles. The molecule has 0 bridgehead atoms. The van der Waals surface area contributed by atoms with Crippen LogP contribution in [0.25, 0.3) is 0 Å². The Morgan fingerprint density at radius 3 is 2.82 bits per heavy atom. The molecule has 17 heavy (non-hydrogen) atoms. The van der Waals surface area contributed by atoms with Crippen molar-refractivity contribution in [3.8, 4) is 0 Å². The van der Waals surface area contributed by atoms with E-state index in [-0.39, 0.29) is 0 Å². The second kappa shape index (κ2) is 5.87. The van der Waals surface area contributed by atoms with Gasteiger partial charge in [0.05, 0.1) is 0 Å². The first-order valence-electron chi connectivity index (χ1n) is 5.45. The molecule has 0 atom stereocenters. The molecule has 1 rings (SSSR count). The molecule has 0 aliphatic rings. The van der Waals surface area contributed by atoms with Crippen molar-refractivity contribution in [1.29, 1.82) is 0 Å². The smallest absolute Gasteiger partial charge is 0.407 e. The molecule has 0 aliphatic carbocycles. The fourth-order valence-electron chi connectivity index (χ4n) is 1.22. The molecule has 1 amide bonds. The van der Waals surface area contributed by atoms with Gasteiger partial charge in [0.15, 0.2) is 0 Å². The van der Waals surface area contributed by atoms with Crippen LogP contribution in [0, 0.1) is 0 Å². The summed E-state index contributed by atoms with van der Waals surface area (Å²) in [6.07, 6.45) is 1.84. The van der Waals surface area contributed by atoms with E-state index in [9.17, 15) is 4.79 Å². The van der Waals surface area contributed by atoms with Crippen molar-refractivity contribution in [3.63, 3.8) is 0 Å². The van der Waals surface area contributed by atoms with Gasteiger partial charge in [0, 0.05) is 12.7 Å². The van der Waals surface area contributed by atoms with Gasteiger partial charge in [0.25, 0.3) is 0 Å². The van der Waals surface area contributed by atoms with Crippen LogP contribution in [-0.2, 0) is 11.2 Å². The minimum atomic E-state index is -0.476. The number of alkyl carbamates (subject to hydrolysis) is 1. The maximum atomic E-state index is 11.4. The minimum absolute atomic E-state index is 0.419. The van der Waals surface area contributed by atoms with Gasteiger partial charge in [-0.25, -0.2) is 9.78 Å². The Hall–Kier alpha value is -1.29. The third-order valence-electron chi connectivity index (χ3n) is 1.90. The second-order valence-electron chi connectivity index (χ2n) is 4.63. The predicted molar refractivity (Wildman–Crippen MR) is 67.2 cm³/mol. The summed E-state index contributed by atoms with van der Waals surface area (Å²) in [5, 5.41) is 3.14. The van der Waals surface area contributed by atoms with E-state index in [1.165, 1.54) is 0 Å². The van der Waals surface area contributed by atoms with E-state index in [0.29, 0.717) is 18.1 Å². The molecule has 0 saturated carbocycles. The van der Waals surface area contributed by atoms with Gasteiger partial charge in [0.1, 0.15) is 10.8 Å². The first-order chi connectivity index (χ1) is 7.88. The summed E-state index contributed by atoms with van der Waals surface area (Å²) in [6.45, 7) is 5.94. The lowest BCUT2D eigenvalue weighted by Crippen LogP contribution is -2.33. The largest absolute Gasteiger partial charge is 0.444 e. The van der Waals surface area contributed by atoms with E-state index in [0.717, 1.165) is 5.56 Å². The molecule has 0 fully saturated rings. The number of carbonyl (C=O) groups excluding carboxylic acids is 1. The van der Waals surface area contributed by atoms with Gasteiger partial charge in [-0.15, -0.1) is 0 Å². The van der Waals surface area contributed by atoms with Crippen LogP contribution < -0.4 is 5.32 Å². The van der Waals surface area contributed by atoms with Gasteiger partial charge in [0.2, 0.25) is 0 Å². The third kappa shape index (κ3) is 5.54. The molecule has 1 aromatic rings. The summed E-state index contributed by atoms with van der Waals surface area (Å²) < 4.78 is 5.11. The van der Waals surface area contributed by atoms with Crippen LogP contribution in [0.4, 0.5) is 4.79 Å². The highest BCUT2D eigenvalue weighted by atomic mass is 35.5. The average Bonchev–Trinajstić information content (AvgIpc) is 2.18. The maximum Gasteiger partial charge on any atom is 0.407 e. The van der Waals surface area contributed by atoms with E-state index in [1.54, 1.807) is 6.20 Å².